The number of amides is 3. The van der Waals surface area contributed by atoms with Crippen LogP contribution in [0.3, 0.4) is 0 Å². The molecule has 4 aliphatic heterocycles. The fraction of sp³-hybridized carbons (Fsp3) is 0.593. The normalized spacial score (nSPS) is 35.9. The van der Waals surface area contributed by atoms with Gasteiger partial charge in [-0.25, -0.2) is 27.3 Å². The Morgan fingerprint density at radius 3 is 2.30 bits per heavy atom. The molecule has 0 aromatic heterocycles. The van der Waals surface area contributed by atoms with E-state index in [1.54, 1.807) is 44.2 Å². The number of benzene rings is 1. The summed E-state index contributed by atoms with van der Waals surface area (Å²) in [5, 5.41) is 10.4. The average Bonchev–Trinajstić information content (AvgIpc) is 3.25. The Bertz CT molecular complexity index is 1530. The lowest BCUT2D eigenvalue weighted by Gasteiger charge is -2.53. The van der Waals surface area contributed by atoms with Crippen molar-refractivity contribution in [3.8, 4) is 0 Å². The highest BCUT2D eigenvalue weighted by molar-refractivity contribution is 8.01. The second-order valence-corrected chi connectivity index (χ2v) is 17.1. The molecule has 5 rings (SSSR count). The number of rotatable bonds is 8. The van der Waals surface area contributed by atoms with Crippen molar-refractivity contribution in [1.82, 2.24) is 10.2 Å². The maximum absolute atomic E-state index is 13.8. The van der Waals surface area contributed by atoms with Crippen LogP contribution in [0, 0.1) is 0 Å². The van der Waals surface area contributed by atoms with Crippen LogP contribution in [0.4, 0.5) is 0 Å². The molecule has 14 nitrogen and oxygen atoms in total. The van der Waals surface area contributed by atoms with Crippen LogP contribution in [0.5, 0.6) is 0 Å². The first kappa shape index (κ1) is 31.4. The van der Waals surface area contributed by atoms with E-state index in [1.165, 1.54) is 20.8 Å². The van der Waals surface area contributed by atoms with Crippen molar-refractivity contribution in [1.29, 1.82) is 0 Å². The van der Waals surface area contributed by atoms with Crippen molar-refractivity contribution in [2.24, 2.45) is 11.5 Å². The van der Waals surface area contributed by atoms with Gasteiger partial charge in [0.15, 0.2) is 5.54 Å². The minimum atomic E-state index is -4.02. The lowest BCUT2D eigenvalue weighted by Crippen LogP contribution is -2.82. The molecule has 16 heteroatoms. The number of thioether (sulfide) groups is 1. The van der Waals surface area contributed by atoms with E-state index in [0.717, 1.165) is 16.7 Å². The first-order valence-corrected chi connectivity index (χ1v) is 16.2. The monoisotopic (exact) mass is 638 g/mol. The molecule has 0 bridgehead atoms. The molecule has 43 heavy (non-hydrogen) atoms. The number of nitrogens with one attached hydrogen (secondary N) is 1. The van der Waals surface area contributed by atoms with E-state index in [1.807, 2.05) is 0 Å². The minimum absolute atomic E-state index is 0.285. The van der Waals surface area contributed by atoms with E-state index in [4.69, 9.17) is 16.2 Å². The molecule has 4 aliphatic rings. The molecular weight excluding hydrogens is 602 g/mol. The summed E-state index contributed by atoms with van der Waals surface area (Å²) < 4.78 is 29.0. The van der Waals surface area contributed by atoms with Crippen LogP contribution >= 0.6 is 11.8 Å². The number of carbonyl (C=O) groups is 5. The van der Waals surface area contributed by atoms with Crippen LogP contribution in [0.2, 0.25) is 0 Å². The van der Waals surface area contributed by atoms with Gasteiger partial charge in [0, 0.05) is 11.7 Å². The Balaban J connectivity index is 1.49. The van der Waals surface area contributed by atoms with Crippen molar-refractivity contribution in [3.05, 3.63) is 35.9 Å². The lowest BCUT2D eigenvalue weighted by molar-refractivity contribution is -0.923. The first-order valence-electron chi connectivity index (χ1n) is 13.7. The Hall–Kier alpha value is -3.05. The molecule has 3 amide bonds. The number of ether oxygens (including phenoxy) is 1. The van der Waals surface area contributed by atoms with Gasteiger partial charge in [-0.05, 0) is 33.3 Å². The third-order valence-electron chi connectivity index (χ3n) is 9.44. The quantitative estimate of drug-likeness (QED) is 0.156. The third kappa shape index (κ3) is 3.96. The molecule has 8 atom stereocenters. The number of esters is 1. The number of hydrogen-bond acceptors (Lipinski definition) is 11. The molecule has 6 N–H and O–H groups in total. The SMILES string of the molecule is C[C@@H](N)[N+]12C(=O)C[C@H]1S(=O)(=O)C(C)(C)[C@@H]2C(=O)OCC1(NC(=O)C(N)c2ccccc2)C(=O)N2[C@@H](C(=O)O)C(C)(C)S[C@@H]21. The number of nitrogens with two attached hydrogens (primary N) is 2. The smallest absolute Gasteiger partial charge is 0.367 e. The number of fused-ring (bicyclic) bond motifs is 2. The van der Waals surface area contributed by atoms with Gasteiger partial charge in [0.25, 0.3) is 5.91 Å². The summed E-state index contributed by atoms with van der Waals surface area (Å²) in [6, 6.07) is 4.37. The maximum Gasteiger partial charge on any atom is 0.367 e. The van der Waals surface area contributed by atoms with Crippen LogP contribution in [0.25, 0.3) is 0 Å². The van der Waals surface area contributed by atoms with Gasteiger partial charge < -0.3 is 25.8 Å². The molecule has 1 aromatic carbocycles. The fourth-order valence-electron chi connectivity index (χ4n) is 7.14. The summed E-state index contributed by atoms with van der Waals surface area (Å²) >= 11 is 1.12. The van der Waals surface area contributed by atoms with Crippen molar-refractivity contribution in [2.45, 2.75) is 91.1 Å². The summed E-state index contributed by atoms with van der Waals surface area (Å²) in [7, 11) is -4.02. The highest BCUT2D eigenvalue weighted by Gasteiger charge is 2.82. The summed E-state index contributed by atoms with van der Waals surface area (Å²) in [6.07, 6.45) is -1.34. The number of carboxylic acids is 1. The molecular formula is C27H36N5O9S2+. The topological polar surface area (TPSA) is 216 Å². The Morgan fingerprint density at radius 1 is 1.16 bits per heavy atom. The number of β-lactam (4-membered cyclic amide) rings is 2. The lowest BCUT2D eigenvalue weighted by atomic mass is 9.84. The highest BCUT2D eigenvalue weighted by Crippen LogP contribution is 2.56. The summed E-state index contributed by atoms with van der Waals surface area (Å²) in [5.41, 5.74) is 10.9. The predicted molar refractivity (Wildman–Crippen MR) is 153 cm³/mol. The van der Waals surface area contributed by atoms with Gasteiger partial charge in [0.2, 0.25) is 27.2 Å². The van der Waals surface area contributed by atoms with Crippen LogP contribution in [-0.4, -0.2) is 103 Å². The second-order valence-electron chi connectivity index (χ2n) is 12.7. The van der Waals surface area contributed by atoms with Crippen LogP contribution in [0.15, 0.2) is 30.3 Å². The average molecular weight is 639 g/mol. The van der Waals surface area contributed by atoms with Gasteiger partial charge in [-0.1, -0.05) is 30.3 Å². The van der Waals surface area contributed by atoms with E-state index in [2.05, 4.69) is 5.32 Å². The zero-order valence-electron chi connectivity index (χ0n) is 24.3. The number of aliphatic carboxylic acids is 1. The third-order valence-corrected chi connectivity index (χ3v) is 14.0. The van der Waals surface area contributed by atoms with Gasteiger partial charge >= 0.3 is 17.8 Å². The van der Waals surface area contributed by atoms with Gasteiger partial charge in [-0.3, -0.25) is 15.3 Å². The summed E-state index contributed by atoms with van der Waals surface area (Å²) in [6.45, 7) is 6.66. The van der Waals surface area contributed by atoms with Gasteiger partial charge in [-0.2, -0.15) is 0 Å². The van der Waals surface area contributed by atoms with Crippen LogP contribution in [0.1, 0.15) is 52.6 Å². The van der Waals surface area contributed by atoms with E-state index < -0.39 is 101 Å². The van der Waals surface area contributed by atoms with Crippen molar-refractivity contribution < 1.29 is 46.7 Å². The molecule has 0 spiro atoms. The summed E-state index contributed by atoms with van der Waals surface area (Å²) in [4.78, 5) is 67.3. The molecule has 4 fully saturated rings. The molecule has 4 heterocycles. The molecule has 0 radical (unpaired) electrons. The fourth-order valence-corrected chi connectivity index (χ4v) is 11.4. The van der Waals surface area contributed by atoms with Gasteiger partial charge in [0.1, 0.15) is 41.4 Å². The van der Waals surface area contributed by atoms with Crippen LogP contribution in [-0.2, 0) is 38.5 Å². The molecule has 4 saturated heterocycles. The number of carboxylic acid groups (broad SMARTS) is 1. The van der Waals surface area contributed by atoms with Crippen molar-refractivity contribution >= 4 is 51.3 Å². The van der Waals surface area contributed by atoms with Gasteiger partial charge in [0.05, 0.1) is 0 Å². The van der Waals surface area contributed by atoms with E-state index in [9.17, 15) is 37.5 Å². The predicted octanol–water partition coefficient (Wildman–Crippen LogP) is -0.815. The van der Waals surface area contributed by atoms with Gasteiger partial charge in [-0.15, -0.1) is 11.8 Å². The number of nitrogens with zero attached hydrogens (tertiary/aromatic N) is 2. The van der Waals surface area contributed by atoms with Crippen molar-refractivity contribution in [2.75, 3.05) is 6.61 Å². The number of hydrogen-bond donors (Lipinski definition) is 4. The molecule has 0 saturated carbocycles. The number of quaternary nitrogens is 1. The highest BCUT2D eigenvalue weighted by atomic mass is 32.2. The van der Waals surface area contributed by atoms with E-state index in [0.29, 0.717) is 5.56 Å². The zero-order chi connectivity index (χ0) is 32.1. The maximum atomic E-state index is 13.8. The minimum Gasteiger partial charge on any atom is -0.480 e. The molecule has 234 valence electrons. The first-order chi connectivity index (χ1) is 19.8. The summed E-state index contributed by atoms with van der Waals surface area (Å²) in [5.74, 6) is -4.40. The molecule has 0 aliphatic carbocycles. The van der Waals surface area contributed by atoms with Crippen LogP contribution < -0.4 is 16.8 Å². The second kappa shape index (κ2) is 9.72. The Morgan fingerprint density at radius 2 is 1.77 bits per heavy atom. The molecule has 3 unspecified atom stereocenters. The zero-order valence-corrected chi connectivity index (χ0v) is 26.0. The largest absolute Gasteiger partial charge is 0.480 e. The number of sulfone groups is 1. The molecule has 1 aromatic rings. The van der Waals surface area contributed by atoms with E-state index in [-0.39, 0.29) is 6.42 Å². The standard InChI is InChI=1S/C27H35N5O9S2/c1-13(28)32-15(33)11-16(32)43(39,40)26(4,5)19(32)22(37)41-12-27(30-20(34)17(29)14-9-7-6-8-10-14)23(38)31-18(21(35)36)25(2,3)42-24(27)31/h6-10,13,16-19,24H,11-12,28-29H2,1-5H3,(H-,30,34,35,36)/p+1/t13-,16+,17?,18-,19-,24+,27?,32?/m0/s1. The van der Waals surface area contributed by atoms with Crippen molar-refractivity contribution in [3.63, 3.8) is 0 Å². The Kier molecular flexibility index (Phi) is 7.10. The number of carbonyl (C=O) groups excluding carboxylic acids is 4. The Labute approximate surface area is 252 Å². The van der Waals surface area contributed by atoms with E-state index >= 15 is 0 Å².